The van der Waals surface area contributed by atoms with Crippen LogP contribution in [0.1, 0.15) is 21.5 Å². The molecule has 1 unspecified atom stereocenters. The quantitative estimate of drug-likeness (QED) is 0.894. The molecular weight excluding hydrogens is 240 g/mol. The molecule has 1 aliphatic heterocycles. The highest BCUT2D eigenvalue weighted by Crippen LogP contribution is 2.17. The van der Waals surface area contributed by atoms with Crippen molar-refractivity contribution in [1.29, 1.82) is 0 Å². The minimum absolute atomic E-state index is 0.116. The fraction of sp³-hybridized carbons (Fsp3) is 0.533. The third-order valence-corrected chi connectivity index (χ3v) is 3.55. The molecule has 4 heteroatoms. The first kappa shape index (κ1) is 14.0. The molecule has 2 rings (SSSR count). The van der Waals surface area contributed by atoms with Crippen LogP contribution in [0.3, 0.4) is 0 Å². The first-order chi connectivity index (χ1) is 9.13. The van der Waals surface area contributed by atoms with E-state index in [9.17, 15) is 4.79 Å². The van der Waals surface area contributed by atoms with Crippen LogP contribution in [-0.2, 0) is 4.74 Å². The molecule has 1 fully saturated rings. The highest BCUT2D eigenvalue weighted by molar-refractivity contribution is 5.96. The third-order valence-electron chi connectivity index (χ3n) is 3.55. The largest absolute Gasteiger partial charge is 0.377 e. The molecule has 0 aromatic heterocycles. The molecule has 104 valence electrons. The maximum absolute atomic E-state index is 12.7. The van der Waals surface area contributed by atoms with Crippen molar-refractivity contribution in [2.75, 3.05) is 33.4 Å². The molecule has 1 atom stereocenters. The second-order valence-electron chi connectivity index (χ2n) is 5.10. The van der Waals surface area contributed by atoms with Crippen molar-refractivity contribution in [1.82, 2.24) is 10.2 Å². The fourth-order valence-electron chi connectivity index (χ4n) is 2.45. The smallest absolute Gasteiger partial charge is 0.254 e. The van der Waals surface area contributed by atoms with Gasteiger partial charge in [0, 0.05) is 18.7 Å². The predicted molar refractivity (Wildman–Crippen MR) is 75.5 cm³/mol. The van der Waals surface area contributed by atoms with Crippen molar-refractivity contribution < 1.29 is 9.53 Å². The molecule has 1 saturated heterocycles. The van der Waals surface area contributed by atoms with Crippen molar-refractivity contribution in [2.24, 2.45) is 0 Å². The number of amides is 1. The zero-order chi connectivity index (χ0) is 13.8. The molecule has 1 aliphatic rings. The first-order valence-corrected chi connectivity index (χ1v) is 6.74. The average molecular weight is 262 g/mol. The molecule has 4 nitrogen and oxygen atoms in total. The van der Waals surface area contributed by atoms with Gasteiger partial charge in [0.15, 0.2) is 0 Å². The number of aryl methyl sites for hydroxylation is 2. The first-order valence-electron chi connectivity index (χ1n) is 6.74. The van der Waals surface area contributed by atoms with E-state index >= 15 is 0 Å². The number of hydrogen-bond donors (Lipinski definition) is 1. The van der Waals surface area contributed by atoms with Crippen LogP contribution in [-0.4, -0.2) is 50.2 Å². The lowest BCUT2D eigenvalue weighted by Gasteiger charge is -2.36. The Balaban J connectivity index is 2.23. The highest BCUT2D eigenvalue weighted by Gasteiger charge is 2.28. The van der Waals surface area contributed by atoms with Gasteiger partial charge in [-0.1, -0.05) is 17.7 Å². The highest BCUT2D eigenvalue weighted by atomic mass is 16.5. The topological polar surface area (TPSA) is 41.6 Å². The van der Waals surface area contributed by atoms with Crippen LogP contribution >= 0.6 is 0 Å². The van der Waals surface area contributed by atoms with Gasteiger partial charge in [0.05, 0.1) is 19.3 Å². The maximum atomic E-state index is 12.7. The lowest BCUT2D eigenvalue weighted by Crippen LogP contribution is -2.52. The van der Waals surface area contributed by atoms with E-state index in [0.717, 1.165) is 23.2 Å². The van der Waals surface area contributed by atoms with E-state index in [4.69, 9.17) is 4.74 Å². The molecule has 1 N–H and O–H groups in total. The monoisotopic (exact) mass is 262 g/mol. The Morgan fingerprint density at radius 2 is 2.26 bits per heavy atom. The SMILES string of the molecule is CNCC1COCCN1C(=O)c1cc(C)ccc1C. The van der Waals surface area contributed by atoms with Gasteiger partial charge in [-0.15, -0.1) is 0 Å². The van der Waals surface area contributed by atoms with Gasteiger partial charge in [-0.25, -0.2) is 0 Å². The molecule has 1 heterocycles. The van der Waals surface area contributed by atoms with E-state index in [1.165, 1.54) is 0 Å². The van der Waals surface area contributed by atoms with Gasteiger partial charge in [0.2, 0.25) is 0 Å². The minimum atomic E-state index is 0.116. The van der Waals surface area contributed by atoms with Crippen LogP contribution in [0.4, 0.5) is 0 Å². The summed E-state index contributed by atoms with van der Waals surface area (Å²) in [5, 5.41) is 3.13. The van der Waals surface area contributed by atoms with Crippen LogP contribution in [0.5, 0.6) is 0 Å². The van der Waals surface area contributed by atoms with E-state index in [-0.39, 0.29) is 11.9 Å². The number of carbonyl (C=O) groups excluding carboxylic acids is 1. The Labute approximate surface area is 114 Å². The molecule has 19 heavy (non-hydrogen) atoms. The fourth-order valence-corrected chi connectivity index (χ4v) is 2.45. The third kappa shape index (κ3) is 3.14. The van der Waals surface area contributed by atoms with E-state index in [1.807, 2.05) is 44.0 Å². The normalized spacial score (nSPS) is 19.5. The van der Waals surface area contributed by atoms with Gasteiger partial charge in [-0.05, 0) is 32.5 Å². The van der Waals surface area contributed by atoms with E-state index in [2.05, 4.69) is 5.32 Å². The van der Waals surface area contributed by atoms with E-state index in [0.29, 0.717) is 19.8 Å². The van der Waals surface area contributed by atoms with Crippen LogP contribution in [0.2, 0.25) is 0 Å². The number of nitrogens with one attached hydrogen (secondary N) is 1. The van der Waals surface area contributed by atoms with Gasteiger partial charge >= 0.3 is 0 Å². The summed E-state index contributed by atoms with van der Waals surface area (Å²) in [5.74, 6) is 0.116. The number of benzene rings is 1. The summed E-state index contributed by atoms with van der Waals surface area (Å²) in [4.78, 5) is 14.6. The molecular formula is C15H22N2O2. The van der Waals surface area contributed by atoms with Crippen LogP contribution in [0.15, 0.2) is 18.2 Å². The Hall–Kier alpha value is -1.39. The number of hydrogen-bond acceptors (Lipinski definition) is 3. The Morgan fingerprint density at radius 3 is 3.00 bits per heavy atom. The standard InChI is InChI=1S/C15H22N2O2/c1-11-4-5-12(2)14(8-11)15(18)17-6-7-19-10-13(17)9-16-3/h4-5,8,13,16H,6-7,9-10H2,1-3H3. The van der Waals surface area contributed by atoms with Gasteiger partial charge in [-0.3, -0.25) is 4.79 Å². The maximum Gasteiger partial charge on any atom is 0.254 e. The second kappa shape index (κ2) is 6.17. The molecule has 0 aliphatic carbocycles. The molecule has 0 radical (unpaired) electrons. The number of morpholine rings is 1. The van der Waals surface area contributed by atoms with Crippen LogP contribution < -0.4 is 5.32 Å². The lowest BCUT2D eigenvalue weighted by atomic mass is 10.0. The van der Waals surface area contributed by atoms with Crippen LogP contribution in [0, 0.1) is 13.8 Å². The van der Waals surface area contributed by atoms with E-state index in [1.54, 1.807) is 0 Å². The summed E-state index contributed by atoms with van der Waals surface area (Å²) in [6.45, 7) is 6.66. The number of rotatable bonds is 3. The van der Waals surface area contributed by atoms with Gasteiger partial charge in [0.1, 0.15) is 0 Å². The molecule has 1 amide bonds. The number of nitrogens with zero attached hydrogens (tertiary/aromatic N) is 1. The Bertz CT molecular complexity index is 457. The van der Waals surface area contributed by atoms with Crippen molar-refractivity contribution in [2.45, 2.75) is 19.9 Å². The summed E-state index contributed by atoms with van der Waals surface area (Å²) >= 11 is 0. The molecule has 0 saturated carbocycles. The molecule has 0 bridgehead atoms. The molecule has 0 spiro atoms. The van der Waals surface area contributed by atoms with Crippen molar-refractivity contribution in [3.63, 3.8) is 0 Å². The summed E-state index contributed by atoms with van der Waals surface area (Å²) in [6.07, 6.45) is 0. The molecule has 1 aromatic carbocycles. The van der Waals surface area contributed by atoms with Gasteiger partial charge in [-0.2, -0.15) is 0 Å². The summed E-state index contributed by atoms with van der Waals surface area (Å²) in [7, 11) is 1.90. The van der Waals surface area contributed by atoms with Crippen molar-refractivity contribution >= 4 is 5.91 Å². The lowest BCUT2D eigenvalue weighted by molar-refractivity contribution is -0.00102. The number of carbonyl (C=O) groups is 1. The Kier molecular flexibility index (Phi) is 4.56. The summed E-state index contributed by atoms with van der Waals surface area (Å²) in [6, 6.07) is 6.14. The van der Waals surface area contributed by atoms with Crippen LogP contribution in [0.25, 0.3) is 0 Å². The summed E-state index contributed by atoms with van der Waals surface area (Å²) in [5.41, 5.74) is 2.96. The van der Waals surface area contributed by atoms with E-state index < -0.39 is 0 Å². The van der Waals surface area contributed by atoms with Crippen molar-refractivity contribution in [3.05, 3.63) is 34.9 Å². The number of likely N-dealkylation sites (N-methyl/N-ethyl adjacent to an activating group) is 1. The van der Waals surface area contributed by atoms with Crippen molar-refractivity contribution in [3.8, 4) is 0 Å². The molecule has 1 aromatic rings. The van der Waals surface area contributed by atoms with Gasteiger partial charge in [0.25, 0.3) is 5.91 Å². The zero-order valence-electron chi connectivity index (χ0n) is 11.9. The predicted octanol–water partition coefficient (Wildman–Crippen LogP) is 1.36. The number of ether oxygens (including phenoxy) is 1. The second-order valence-corrected chi connectivity index (χ2v) is 5.10. The van der Waals surface area contributed by atoms with Gasteiger partial charge < -0.3 is 15.0 Å². The Morgan fingerprint density at radius 1 is 1.47 bits per heavy atom. The average Bonchev–Trinajstić information content (AvgIpc) is 2.42. The minimum Gasteiger partial charge on any atom is -0.377 e. The summed E-state index contributed by atoms with van der Waals surface area (Å²) < 4.78 is 5.47. The zero-order valence-corrected chi connectivity index (χ0v) is 11.9.